The molecule has 0 spiro atoms. The Morgan fingerprint density at radius 1 is 1.44 bits per heavy atom. The zero-order valence-corrected chi connectivity index (χ0v) is 11.5. The monoisotopic (exact) mass is 327 g/mol. The first kappa shape index (κ1) is 11.4. The van der Waals surface area contributed by atoms with Crippen LogP contribution in [-0.4, -0.2) is 9.78 Å². The lowest BCUT2D eigenvalue weighted by atomic mass is 10.2. The molecule has 0 aliphatic rings. The fraction of sp³-hybridized carbons (Fsp3) is 0.250. The van der Waals surface area contributed by atoms with Gasteiger partial charge in [0.15, 0.2) is 0 Å². The second kappa shape index (κ2) is 4.86. The number of benzene rings is 1. The summed E-state index contributed by atoms with van der Waals surface area (Å²) in [5.41, 5.74) is 2.34. The molecule has 0 saturated heterocycles. The molecule has 1 aromatic carbocycles. The molecule has 0 amide bonds. The van der Waals surface area contributed by atoms with Crippen molar-refractivity contribution in [2.24, 2.45) is 7.05 Å². The highest BCUT2D eigenvalue weighted by Crippen LogP contribution is 2.19. The summed E-state index contributed by atoms with van der Waals surface area (Å²) in [6.07, 6.45) is 3.93. The lowest BCUT2D eigenvalue weighted by Crippen LogP contribution is -2.05. The first-order valence-corrected chi connectivity index (χ1v) is 6.23. The van der Waals surface area contributed by atoms with Gasteiger partial charge in [0.2, 0.25) is 0 Å². The van der Waals surface area contributed by atoms with E-state index in [1.165, 1.54) is 9.13 Å². The van der Waals surface area contributed by atoms with Crippen LogP contribution in [0.3, 0.4) is 0 Å². The number of aryl methyl sites for hydroxylation is 1. The Morgan fingerprint density at radius 2 is 2.25 bits per heavy atom. The molecule has 1 heterocycles. The molecule has 0 bridgehead atoms. The third-order valence-electron chi connectivity index (χ3n) is 2.43. The highest BCUT2D eigenvalue weighted by Gasteiger charge is 2.06. The number of hydrogen-bond acceptors (Lipinski definition) is 2. The zero-order chi connectivity index (χ0) is 11.5. The number of nitrogens with zero attached hydrogens (tertiary/aromatic N) is 2. The predicted molar refractivity (Wildman–Crippen MR) is 74.4 cm³/mol. The summed E-state index contributed by atoms with van der Waals surface area (Å²) < 4.78 is 3.06. The Morgan fingerprint density at radius 3 is 2.88 bits per heavy atom. The number of rotatable bonds is 3. The molecule has 0 aliphatic heterocycles. The van der Waals surface area contributed by atoms with Crippen molar-refractivity contribution in [3.05, 3.63) is 45.8 Å². The van der Waals surface area contributed by atoms with E-state index in [1.807, 2.05) is 24.1 Å². The fourth-order valence-corrected chi connectivity index (χ4v) is 2.12. The van der Waals surface area contributed by atoms with Gasteiger partial charge in [-0.25, -0.2) is 0 Å². The molecule has 0 fully saturated rings. The standard InChI is InChI=1S/C12H14IN3/c1-9(10-7-14-16(2)8-10)15-12-5-3-4-11(13)6-12/h3-9,15H,1-2H3. The highest BCUT2D eigenvalue weighted by molar-refractivity contribution is 14.1. The van der Waals surface area contributed by atoms with Crippen molar-refractivity contribution in [2.75, 3.05) is 5.32 Å². The highest BCUT2D eigenvalue weighted by atomic mass is 127. The number of hydrogen-bond donors (Lipinski definition) is 1. The Labute approximate surface area is 109 Å². The normalized spacial score (nSPS) is 12.4. The van der Waals surface area contributed by atoms with Gasteiger partial charge in [-0.15, -0.1) is 0 Å². The van der Waals surface area contributed by atoms with E-state index in [4.69, 9.17) is 0 Å². The zero-order valence-electron chi connectivity index (χ0n) is 9.31. The van der Waals surface area contributed by atoms with Crippen LogP contribution in [0.2, 0.25) is 0 Å². The molecule has 1 atom stereocenters. The summed E-state index contributed by atoms with van der Waals surface area (Å²) in [4.78, 5) is 0. The summed E-state index contributed by atoms with van der Waals surface area (Å²) in [6.45, 7) is 2.14. The van der Waals surface area contributed by atoms with Crippen LogP contribution in [0.15, 0.2) is 36.7 Å². The molecule has 16 heavy (non-hydrogen) atoms. The number of halogens is 1. The molecule has 2 rings (SSSR count). The minimum absolute atomic E-state index is 0.270. The van der Waals surface area contributed by atoms with Crippen LogP contribution >= 0.6 is 22.6 Å². The molecule has 3 nitrogen and oxygen atoms in total. The van der Waals surface area contributed by atoms with E-state index in [0.717, 1.165) is 5.69 Å². The van der Waals surface area contributed by atoms with E-state index in [1.54, 1.807) is 0 Å². The topological polar surface area (TPSA) is 29.9 Å². The number of aromatic nitrogens is 2. The molecule has 0 radical (unpaired) electrons. The quantitative estimate of drug-likeness (QED) is 0.878. The van der Waals surface area contributed by atoms with Gasteiger partial charge in [-0.3, -0.25) is 4.68 Å². The van der Waals surface area contributed by atoms with Gasteiger partial charge in [-0.1, -0.05) is 6.07 Å². The van der Waals surface area contributed by atoms with E-state index >= 15 is 0 Å². The molecule has 84 valence electrons. The van der Waals surface area contributed by atoms with Crippen molar-refractivity contribution in [1.82, 2.24) is 9.78 Å². The molecule has 1 N–H and O–H groups in total. The average Bonchev–Trinajstić information content (AvgIpc) is 2.65. The van der Waals surface area contributed by atoms with Gasteiger partial charge in [0.25, 0.3) is 0 Å². The first-order valence-electron chi connectivity index (χ1n) is 5.16. The van der Waals surface area contributed by atoms with Crippen molar-refractivity contribution < 1.29 is 0 Å². The second-order valence-electron chi connectivity index (χ2n) is 3.82. The maximum absolute atomic E-state index is 4.17. The van der Waals surface area contributed by atoms with Gasteiger partial charge in [0, 0.05) is 28.1 Å². The van der Waals surface area contributed by atoms with Gasteiger partial charge >= 0.3 is 0 Å². The first-order chi connectivity index (χ1) is 7.65. The second-order valence-corrected chi connectivity index (χ2v) is 5.07. The SMILES string of the molecule is CC(Nc1cccc(I)c1)c1cnn(C)c1. The van der Waals surface area contributed by atoms with Crippen molar-refractivity contribution in [3.63, 3.8) is 0 Å². The summed E-state index contributed by atoms with van der Waals surface area (Å²) in [7, 11) is 1.93. The summed E-state index contributed by atoms with van der Waals surface area (Å²) in [5.74, 6) is 0. The summed E-state index contributed by atoms with van der Waals surface area (Å²) in [5, 5.41) is 7.63. The maximum Gasteiger partial charge on any atom is 0.0542 e. The molecule has 0 aliphatic carbocycles. The Hall–Kier alpha value is -1.04. The molecule has 1 unspecified atom stereocenters. The molecule has 1 aromatic heterocycles. The molecular weight excluding hydrogens is 313 g/mol. The minimum Gasteiger partial charge on any atom is -0.378 e. The van der Waals surface area contributed by atoms with Gasteiger partial charge in [0.05, 0.1) is 12.2 Å². The van der Waals surface area contributed by atoms with Gasteiger partial charge in [0.1, 0.15) is 0 Å². The van der Waals surface area contributed by atoms with Crippen LogP contribution in [0.25, 0.3) is 0 Å². The third-order valence-corrected chi connectivity index (χ3v) is 3.10. The van der Waals surface area contributed by atoms with E-state index in [9.17, 15) is 0 Å². The molecule has 2 aromatic rings. The number of nitrogens with one attached hydrogen (secondary N) is 1. The smallest absolute Gasteiger partial charge is 0.0542 e. The van der Waals surface area contributed by atoms with Crippen LogP contribution < -0.4 is 5.32 Å². The van der Waals surface area contributed by atoms with Gasteiger partial charge in [-0.05, 0) is 47.7 Å². The van der Waals surface area contributed by atoms with Crippen LogP contribution in [0, 0.1) is 3.57 Å². The molecule has 4 heteroatoms. The van der Waals surface area contributed by atoms with Crippen LogP contribution in [0.5, 0.6) is 0 Å². The summed E-state index contributed by atoms with van der Waals surface area (Å²) >= 11 is 2.31. The number of anilines is 1. The maximum atomic E-state index is 4.17. The Balaban J connectivity index is 2.10. The largest absolute Gasteiger partial charge is 0.378 e. The van der Waals surface area contributed by atoms with Crippen LogP contribution in [0.1, 0.15) is 18.5 Å². The molecule has 0 saturated carbocycles. The van der Waals surface area contributed by atoms with Crippen molar-refractivity contribution in [3.8, 4) is 0 Å². The van der Waals surface area contributed by atoms with Crippen molar-refractivity contribution in [1.29, 1.82) is 0 Å². The molecular formula is C12H14IN3. The van der Waals surface area contributed by atoms with Crippen LogP contribution in [-0.2, 0) is 7.05 Å². The van der Waals surface area contributed by atoms with Gasteiger partial charge in [-0.2, -0.15) is 5.10 Å². The third kappa shape index (κ3) is 2.75. The Bertz CT molecular complexity index is 479. The van der Waals surface area contributed by atoms with Crippen LogP contribution in [0.4, 0.5) is 5.69 Å². The Kier molecular flexibility index (Phi) is 3.48. The van der Waals surface area contributed by atoms with E-state index in [2.05, 4.69) is 64.2 Å². The summed E-state index contributed by atoms with van der Waals surface area (Å²) in [6, 6.07) is 8.62. The lowest BCUT2D eigenvalue weighted by molar-refractivity contribution is 0.765. The fourth-order valence-electron chi connectivity index (χ4n) is 1.58. The predicted octanol–water partition coefficient (Wildman–Crippen LogP) is 3.20. The minimum atomic E-state index is 0.270. The van der Waals surface area contributed by atoms with Crippen molar-refractivity contribution in [2.45, 2.75) is 13.0 Å². The lowest BCUT2D eigenvalue weighted by Gasteiger charge is -2.13. The van der Waals surface area contributed by atoms with Crippen molar-refractivity contribution >= 4 is 28.3 Å². The van der Waals surface area contributed by atoms with Gasteiger partial charge < -0.3 is 5.32 Å². The van der Waals surface area contributed by atoms with E-state index in [0.29, 0.717) is 0 Å². The average molecular weight is 327 g/mol. The van der Waals surface area contributed by atoms with E-state index < -0.39 is 0 Å². The van der Waals surface area contributed by atoms with E-state index in [-0.39, 0.29) is 6.04 Å².